The lowest BCUT2D eigenvalue weighted by Crippen LogP contribution is -2.02. The molecule has 0 radical (unpaired) electrons. The summed E-state index contributed by atoms with van der Waals surface area (Å²) in [6, 6.07) is 10.8. The molecule has 22 heavy (non-hydrogen) atoms. The molecule has 0 aliphatic heterocycles. The van der Waals surface area contributed by atoms with Crippen molar-refractivity contribution < 1.29 is 4.42 Å². The van der Waals surface area contributed by atoms with Crippen molar-refractivity contribution in [2.45, 2.75) is 40.5 Å². The van der Waals surface area contributed by atoms with E-state index in [0.717, 1.165) is 24.0 Å². The number of halogens is 1. The van der Waals surface area contributed by atoms with Crippen LogP contribution in [0.4, 0.5) is 0 Å². The Morgan fingerprint density at radius 2 is 1.59 bits per heavy atom. The Balaban J connectivity index is 2.34. The molecule has 0 atom stereocenters. The number of para-hydroxylation sites is 1. The largest absolute Gasteiger partial charge is 0.456 e. The predicted molar refractivity (Wildman–Crippen MR) is 104 cm³/mol. The fourth-order valence-electron chi connectivity index (χ4n) is 3.17. The monoisotopic (exact) mass is 406 g/mol. The van der Waals surface area contributed by atoms with Gasteiger partial charge in [0.25, 0.3) is 0 Å². The topological polar surface area (TPSA) is 13.1 Å². The van der Waals surface area contributed by atoms with Crippen molar-refractivity contribution in [2.75, 3.05) is 0 Å². The van der Waals surface area contributed by atoms with Gasteiger partial charge in [-0.1, -0.05) is 52.0 Å². The maximum atomic E-state index is 6.22. The van der Waals surface area contributed by atoms with Gasteiger partial charge < -0.3 is 4.42 Å². The molecular formula is C20H23IO. The first-order valence-corrected chi connectivity index (χ1v) is 9.16. The van der Waals surface area contributed by atoms with E-state index in [2.05, 4.69) is 80.6 Å². The van der Waals surface area contributed by atoms with Gasteiger partial charge in [0.05, 0.1) is 0 Å². The van der Waals surface area contributed by atoms with E-state index in [0.29, 0.717) is 11.8 Å². The van der Waals surface area contributed by atoms with E-state index >= 15 is 0 Å². The zero-order valence-corrected chi connectivity index (χ0v) is 15.9. The van der Waals surface area contributed by atoms with Gasteiger partial charge in [-0.3, -0.25) is 0 Å². The molecule has 0 saturated heterocycles. The Morgan fingerprint density at radius 3 is 2.27 bits per heavy atom. The quantitative estimate of drug-likeness (QED) is 0.446. The molecule has 116 valence electrons. The van der Waals surface area contributed by atoms with E-state index in [1.165, 1.54) is 25.5 Å². The van der Waals surface area contributed by atoms with Gasteiger partial charge >= 0.3 is 0 Å². The predicted octanol–water partition coefficient (Wildman–Crippen LogP) is 6.59. The van der Waals surface area contributed by atoms with Crippen molar-refractivity contribution in [3.8, 4) is 0 Å². The third kappa shape index (κ3) is 2.90. The lowest BCUT2D eigenvalue weighted by atomic mass is 9.94. The van der Waals surface area contributed by atoms with Crippen molar-refractivity contribution in [2.24, 2.45) is 11.8 Å². The minimum absolute atomic E-state index is 0.628. The molecule has 0 saturated carbocycles. The zero-order valence-electron chi connectivity index (χ0n) is 13.7. The van der Waals surface area contributed by atoms with E-state index in [1.54, 1.807) is 0 Å². The first kappa shape index (κ1) is 15.9. The Morgan fingerprint density at radius 1 is 0.955 bits per heavy atom. The molecule has 1 aromatic heterocycles. The van der Waals surface area contributed by atoms with Gasteiger partial charge in [-0.2, -0.15) is 0 Å². The summed E-state index contributed by atoms with van der Waals surface area (Å²) in [7, 11) is 0. The van der Waals surface area contributed by atoms with Crippen LogP contribution in [0.2, 0.25) is 0 Å². The van der Waals surface area contributed by atoms with Gasteiger partial charge in [-0.05, 0) is 64.5 Å². The van der Waals surface area contributed by atoms with Crippen molar-refractivity contribution in [1.82, 2.24) is 0 Å². The van der Waals surface area contributed by atoms with Crippen LogP contribution in [-0.2, 0) is 12.8 Å². The summed E-state index contributed by atoms with van der Waals surface area (Å²) in [5, 5.41) is 2.56. The Hall–Kier alpha value is -1.03. The number of rotatable bonds is 4. The summed E-state index contributed by atoms with van der Waals surface area (Å²) in [6.45, 7) is 9.12. The van der Waals surface area contributed by atoms with E-state index in [4.69, 9.17) is 4.42 Å². The number of hydrogen-bond acceptors (Lipinski definition) is 1. The smallest absolute Gasteiger partial charge is 0.139 e. The van der Waals surface area contributed by atoms with E-state index < -0.39 is 0 Å². The van der Waals surface area contributed by atoms with Crippen molar-refractivity contribution >= 4 is 44.5 Å². The molecule has 0 fully saturated rings. The minimum Gasteiger partial charge on any atom is -0.456 e. The summed E-state index contributed by atoms with van der Waals surface area (Å²) in [6.07, 6.45) is 2.19. The van der Waals surface area contributed by atoms with Gasteiger partial charge in [-0.15, -0.1) is 0 Å². The van der Waals surface area contributed by atoms with Gasteiger partial charge in [0.15, 0.2) is 0 Å². The second-order valence-corrected chi connectivity index (χ2v) is 8.09. The molecule has 0 aliphatic carbocycles. The van der Waals surface area contributed by atoms with E-state index in [1.807, 2.05) is 0 Å². The molecule has 3 rings (SSSR count). The lowest BCUT2D eigenvalue weighted by molar-refractivity contribution is 0.618. The highest BCUT2D eigenvalue weighted by atomic mass is 127. The third-order valence-electron chi connectivity index (χ3n) is 3.99. The Labute approximate surface area is 146 Å². The van der Waals surface area contributed by atoms with Gasteiger partial charge in [-0.25, -0.2) is 0 Å². The zero-order chi connectivity index (χ0) is 15.9. The molecule has 3 aromatic rings. The van der Waals surface area contributed by atoms with Crippen LogP contribution in [0.25, 0.3) is 21.9 Å². The number of fused-ring (bicyclic) bond motifs is 3. The van der Waals surface area contributed by atoms with Crippen molar-refractivity contribution in [3.63, 3.8) is 0 Å². The fourth-order valence-corrected chi connectivity index (χ4v) is 4.08. The van der Waals surface area contributed by atoms with E-state index in [9.17, 15) is 0 Å². The molecule has 0 aliphatic rings. The molecule has 1 nitrogen and oxygen atoms in total. The van der Waals surface area contributed by atoms with E-state index in [-0.39, 0.29) is 0 Å². The Kier molecular flexibility index (Phi) is 4.49. The summed E-state index contributed by atoms with van der Waals surface area (Å²) in [5.74, 6) is 1.29. The standard InChI is InChI=1S/C20H23IO/c1-12(2)9-14-11-15(10-13(3)4)20-18(19(14)21)16-7-5-6-8-17(16)22-20/h5-8,11-13H,9-10H2,1-4H3. The van der Waals surface area contributed by atoms with Gasteiger partial charge in [0.1, 0.15) is 11.2 Å². The molecular weight excluding hydrogens is 383 g/mol. The van der Waals surface area contributed by atoms with Crippen molar-refractivity contribution in [1.29, 1.82) is 0 Å². The molecule has 0 unspecified atom stereocenters. The highest BCUT2D eigenvalue weighted by Crippen LogP contribution is 2.37. The average Bonchev–Trinajstić information content (AvgIpc) is 2.83. The van der Waals surface area contributed by atoms with Crippen LogP contribution in [0.1, 0.15) is 38.8 Å². The van der Waals surface area contributed by atoms with Crippen LogP contribution in [0.15, 0.2) is 34.7 Å². The second-order valence-electron chi connectivity index (χ2n) is 7.01. The molecule has 2 aromatic carbocycles. The normalized spacial score (nSPS) is 12.1. The molecule has 2 heteroatoms. The Bertz CT molecular complexity index is 811. The van der Waals surface area contributed by atoms with Crippen LogP contribution >= 0.6 is 22.6 Å². The van der Waals surface area contributed by atoms with Gasteiger partial charge in [0.2, 0.25) is 0 Å². The molecule has 0 spiro atoms. The number of hydrogen-bond donors (Lipinski definition) is 0. The van der Waals surface area contributed by atoms with Gasteiger partial charge in [0, 0.05) is 14.3 Å². The molecule has 0 bridgehead atoms. The summed E-state index contributed by atoms with van der Waals surface area (Å²) in [4.78, 5) is 0. The van der Waals surface area contributed by atoms with Crippen LogP contribution in [0.5, 0.6) is 0 Å². The first-order chi connectivity index (χ1) is 10.5. The number of furan rings is 1. The average molecular weight is 406 g/mol. The maximum absolute atomic E-state index is 6.22. The summed E-state index contributed by atoms with van der Waals surface area (Å²) >= 11 is 2.51. The second kappa shape index (κ2) is 6.23. The maximum Gasteiger partial charge on any atom is 0.139 e. The summed E-state index contributed by atoms with van der Waals surface area (Å²) < 4.78 is 7.58. The summed E-state index contributed by atoms with van der Waals surface area (Å²) in [5.41, 5.74) is 4.91. The molecule has 0 N–H and O–H groups in total. The number of benzene rings is 2. The SMILES string of the molecule is CC(C)Cc1cc(CC(C)C)c2oc3ccccc3c2c1I. The van der Waals surface area contributed by atoms with Crippen molar-refractivity contribution in [3.05, 3.63) is 45.0 Å². The van der Waals surface area contributed by atoms with Crippen LogP contribution in [0, 0.1) is 15.4 Å². The van der Waals surface area contributed by atoms with Crippen LogP contribution in [-0.4, -0.2) is 0 Å². The lowest BCUT2D eigenvalue weighted by Gasteiger charge is -2.13. The molecule has 1 heterocycles. The third-order valence-corrected chi connectivity index (χ3v) is 5.23. The van der Waals surface area contributed by atoms with Crippen LogP contribution < -0.4 is 0 Å². The first-order valence-electron chi connectivity index (χ1n) is 8.08. The molecule has 0 amide bonds. The highest BCUT2D eigenvalue weighted by Gasteiger charge is 2.18. The fraction of sp³-hybridized carbons (Fsp3) is 0.400. The van der Waals surface area contributed by atoms with Crippen LogP contribution in [0.3, 0.4) is 0 Å². The highest BCUT2D eigenvalue weighted by molar-refractivity contribution is 14.1. The minimum atomic E-state index is 0.628.